The predicted molar refractivity (Wildman–Crippen MR) is 42.5 cm³/mol. The first-order valence-electron chi connectivity index (χ1n) is 3.67. The highest BCUT2D eigenvalue weighted by Gasteiger charge is 2.36. The Bertz CT molecular complexity index is 142. The molecule has 0 aliphatic carbocycles. The first-order chi connectivity index (χ1) is 4.95. The van der Waals surface area contributed by atoms with Gasteiger partial charge in [-0.15, -0.1) is 0 Å². The van der Waals surface area contributed by atoms with Crippen LogP contribution in [0.3, 0.4) is 0 Å². The lowest BCUT2D eigenvalue weighted by Gasteiger charge is -2.27. The fraction of sp³-hybridized carbons (Fsp3) is 0.875. The Hall–Kier alpha value is -0.570. The van der Waals surface area contributed by atoms with Gasteiger partial charge in [0.25, 0.3) is 0 Å². The first kappa shape index (κ1) is 10.4. The number of hydrogen-bond donors (Lipinski definition) is 1. The molecule has 0 fully saturated rings. The minimum absolute atomic E-state index is 0.0833. The molecule has 0 bridgehead atoms. The van der Waals surface area contributed by atoms with Crippen molar-refractivity contribution in [2.24, 2.45) is 11.3 Å². The molecule has 0 spiro atoms. The van der Waals surface area contributed by atoms with Crippen LogP contribution in [0.4, 0.5) is 0 Å². The number of carboxylic acid groups (broad SMARTS) is 1. The molecule has 0 radical (unpaired) electrons. The lowest BCUT2D eigenvalue weighted by atomic mass is 9.80. The maximum atomic E-state index is 10.8. The Morgan fingerprint density at radius 3 is 2.18 bits per heavy atom. The summed E-state index contributed by atoms with van der Waals surface area (Å²) < 4.78 is 4.85. The summed E-state index contributed by atoms with van der Waals surface area (Å²) in [7, 11) is 1.52. The standard InChI is InChI=1S/C8H16O3/c1-6(2)8(3,5-11-4)7(9)10/h6H,5H2,1-4H3,(H,9,10). The van der Waals surface area contributed by atoms with Crippen LogP contribution in [-0.4, -0.2) is 24.8 Å². The van der Waals surface area contributed by atoms with E-state index in [1.54, 1.807) is 6.92 Å². The van der Waals surface area contributed by atoms with Crippen LogP contribution in [0.15, 0.2) is 0 Å². The Morgan fingerprint density at radius 1 is 1.64 bits per heavy atom. The monoisotopic (exact) mass is 160 g/mol. The SMILES string of the molecule is COCC(C)(C(=O)O)C(C)C. The van der Waals surface area contributed by atoms with E-state index >= 15 is 0 Å². The molecule has 0 rings (SSSR count). The van der Waals surface area contributed by atoms with Crippen LogP contribution in [-0.2, 0) is 9.53 Å². The molecule has 3 heteroatoms. The van der Waals surface area contributed by atoms with E-state index in [1.807, 2.05) is 13.8 Å². The van der Waals surface area contributed by atoms with E-state index in [9.17, 15) is 4.79 Å². The van der Waals surface area contributed by atoms with Crippen molar-refractivity contribution >= 4 is 5.97 Å². The van der Waals surface area contributed by atoms with E-state index in [0.717, 1.165) is 0 Å². The Kier molecular flexibility index (Phi) is 3.52. The number of carboxylic acids is 1. The van der Waals surface area contributed by atoms with E-state index in [-0.39, 0.29) is 12.5 Å². The number of carbonyl (C=O) groups is 1. The largest absolute Gasteiger partial charge is 0.481 e. The van der Waals surface area contributed by atoms with Gasteiger partial charge in [-0.1, -0.05) is 13.8 Å². The van der Waals surface area contributed by atoms with Crippen molar-refractivity contribution in [2.75, 3.05) is 13.7 Å². The van der Waals surface area contributed by atoms with Gasteiger partial charge in [0.15, 0.2) is 0 Å². The summed E-state index contributed by atoms with van der Waals surface area (Å²) in [5.41, 5.74) is -0.755. The predicted octanol–water partition coefficient (Wildman–Crippen LogP) is 1.38. The third kappa shape index (κ3) is 2.19. The van der Waals surface area contributed by atoms with Gasteiger partial charge in [-0.25, -0.2) is 0 Å². The zero-order valence-corrected chi connectivity index (χ0v) is 7.55. The molecule has 0 aliphatic heterocycles. The molecule has 3 nitrogen and oxygen atoms in total. The van der Waals surface area contributed by atoms with Crippen molar-refractivity contribution in [3.8, 4) is 0 Å². The summed E-state index contributed by atoms with van der Waals surface area (Å²) in [5, 5.41) is 8.85. The van der Waals surface area contributed by atoms with E-state index in [4.69, 9.17) is 9.84 Å². The summed E-state index contributed by atoms with van der Waals surface area (Å²) in [5.74, 6) is -0.714. The third-order valence-corrected chi connectivity index (χ3v) is 2.21. The molecule has 0 aromatic heterocycles. The number of ether oxygens (including phenoxy) is 1. The molecule has 1 unspecified atom stereocenters. The van der Waals surface area contributed by atoms with Crippen LogP contribution in [0.2, 0.25) is 0 Å². The lowest BCUT2D eigenvalue weighted by Crippen LogP contribution is -2.37. The second-order valence-corrected chi connectivity index (χ2v) is 3.31. The highest BCUT2D eigenvalue weighted by Crippen LogP contribution is 2.27. The molecule has 0 aromatic carbocycles. The topological polar surface area (TPSA) is 46.5 Å². The van der Waals surface area contributed by atoms with Gasteiger partial charge < -0.3 is 9.84 Å². The molecular weight excluding hydrogens is 144 g/mol. The third-order valence-electron chi connectivity index (χ3n) is 2.21. The molecular formula is C8H16O3. The molecule has 0 aliphatic rings. The van der Waals surface area contributed by atoms with Gasteiger partial charge in [0.1, 0.15) is 0 Å². The lowest BCUT2D eigenvalue weighted by molar-refractivity contribution is -0.154. The fourth-order valence-electron chi connectivity index (χ4n) is 0.775. The smallest absolute Gasteiger partial charge is 0.311 e. The van der Waals surface area contributed by atoms with Crippen molar-refractivity contribution in [3.63, 3.8) is 0 Å². The quantitative estimate of drug-likeness (QED) is 0.675. The molecule has 0 saturated heterocycles. The molecule has 1 atom stereocenters. The second-order valence-electron chi connectivity index (χ2n) is 3.31. The molecule has 0 heterocycles. The summed E-state index contributed by atoms with van der Waals surface area (Å²) in [6, 6.07) is 0. The van der Waals surface area contributed by atoms with Crippen molar-refractivity contribution in [1.29, 1.82) is 0 Å². The van der Waals surface area contributed by atoms with Gasteiger partial charge in [-0.05, 0) is 12.8 Å². The fourth-order valence-corrected chi connectivity index (χ4v) is 0.775. The number of methoxy groups -OCH3 is 1. The summed E-state index contributed by atoms with van der Waals surface area (Å²) in [6.07, 6.45) is 0. The van der Waals surface area contributed by atoms with Crippen LogP contribution >= 0.6 is 0 Å². The first-order valence-corrected chi connectivity index (χ1v) is 3.67. The average Bonchev–Trinajstić information content (AvgIpc) is 1.87. The minimum atomic E-state index is -0.797. The number of aliphatic carboxylic acids is 1. The zero-order valence-electron chi connectivity index (χ0n) is 7.55. The molecule has 1 N–H and O–H groups in total. The van der Waals surface area contributed by atoms with Gasteiger partial charge in [-0.2, -0.15) is 0 Å². The summed E-state index contributed by atoms with van der Waals surface area (Å²) >= 11 is 0. The van der Waals surface area contributed by atoms with Crippen molar-refractivity contribution in [1.82, 2.24) is 0 Å². The molecule has 0 aromatic rings. The Labute approximate surface area is 67.4 Å². The highest BCUT2D eigenvalue weighted by molar-refractivity contribution is 5.74. The Morgan fingerprint density at radius 2 is 2.09 bits per heavy atom. The van der Waals surface area contributed by atoms with Crippen molar-refractivity contribution in [2.45, 2.75) is 20.8 Å². The van der Waals surface area contributed by atoms with Crippen LogP contribution in [0.5, 0.6) is 0 Å². The highest BCUT2D eigenvalue weighted by atomic mass is 16.5. The normalized spacial score (nSPS) is 16.5. The van der Waals surface area contributed by atoms with Gasteiger partial charge in [-0.3, -0.25) is 4.79 Å². The number of rotatable bonds is 4. The van der Waals surface area contributed by atoms with Crippen LogP contribution in [0, 0.1) is 11.3 Å². The maximum absolute atomic E-state index is 10.8. The van der Waals surface area contributed by atoms with Gasteiger partial charge >= 0.3 is 5.97 Å². The summed E-state index contributed by atoms with van der Waals surface area (Å²) in [4.78, 5) is 10.8. The minimum Gasteiger partial charge on any atom is -0.481 e. The molecule has 0 amide bonds. The Balaban J connectivity index is 4.38. The second kappa shape index (κ2) is 3.72. The van der Waals surface area contributed by atoms with Crippen LogP contribution in [0.1, 0.15) is 20.8 Å². The van der Waals surface area contributed by atoms with Gasteiger partial charge in [0, 0.05) is 7.11 Å². The van der Waals surface area contributed by atoms with E-state index < -0.39 is 11.4 Å². The van der Waals surface area contributed by atoms with Crippen LogP contribution in [0.25, 0.3) is 0 Å². The molecule has 0 saturated carbocycles. The molecule has 11 heavy (non-hydrogen) atoms. The maximum Gasteiger partial charge on any atom is 0.311 e. The van der Waals surface area contributed by atoms with E-state index in [1.165, 1.54) is 7.11 Å². The zero-order chi connectivity index (χ0) is 9.07. The van der Waals surface area contributed by atoms with Crippen molar-refractivity contribution < 1.29 is 14.6 Å². The van der Waals surface area contributed by atoms with Gasteiger partial charge in [0.05, 0.1) is 12.0 Å². The summed E-state index contributed by atoms with van der Waals surface area (Å²) in [6.45, 7) is 5.73. The van der Waals surface area contributed by atoms with E-state index in [0.29, 0.717) is 0 Å². The van der Waals surface area contributed by atoms with E-state index in [2.05, 4.69) is 0 Å². The molecule has 66 valence electrons. The van der Waals surface area contributed by atoms with Crippen molar-refractivity contribution in [3.05, 3.63) is 0 Å². The van der Waals surface area contributed by atoms with Gasteiger partial charge in [0.2, 0.25) is 0 Å². The van der Waals surface area contributed by atoms with Crippen LogP contribution < -0.4 is 0 Å². The average molecular weight is 160 g/mol. The number of hydrogen-bond acceptors (Lipinski definition) is 2.